The summed E-state index contributed by atoms with van der Waals surface area (Å²) in [4.78, 5) is 25.2. The highest BCUT2D eigenvalue weighted by atomic mass is 16.5. The fourth-order valence-corrected chi connectivity index (χ4v) is 3.02. The molecule has 29 heavy (non-hydrogen) atoms. The van der Waals surface area contributed by atoms with Crippen molar-refractivity contribution in [3.63, 3.8) is 0 Å². The first kappa shape index (κ1) is 18.5. The van der Waals surface area contributed by atoms with Crippen LogP contribution in [0.4, 0.5) is 0 Å². The van der Waals surface area contributed by atoms with Gasteiger partial charge in [0, 0.05) is 36.8 Å². The molecule has 4 aromatic rings. The summed E-state index contributed by atoms with van der Waals surface area (Å²) in [6.07, 6.45) is 8.63. The molecule has 0 N–H and O–H groups in total. The maximum absolute atomic E-state index is 13.0. The number of benzene rings is 2. The third kappa shape index (κ3) is 4.71. The average molecular weight is 381 g/mol. The predicted octanol–water partition coefficient (Wildman–Crippen LogP) is 4.54. The van der Waals surface area contributed by atoms with Crippen LogP contribution in [0.2, 0.25) is 0 Å². The Bertz CT molecular complexity index is 1080. The molecule has 0 unspecified atom stereocenters. The van der Waals surface area contributed by atoms with Gasteiger partial charge < -0.3 is 4.74 Å². The van der Waals surface area contributed by atoms with E-state index in [9.17, 15) is 4.79 Å². The van der Waals surface area contributed by atoms with Crippen LogP contribution in [0.1, 0.15) is 21.5 Å². The molecule has 0 aliphatic heterocycles. The number of aromatic nitrogens is 3. The minimum atomic E-state index is -0.0167. The molecular weight excluding hydrogens is 362 g/mol. The molecule has 0 atom stereocenters. The van der Waals surface area contributed by atoms with Crippen LogP contribution in [0.25, 0.3) is 11.1 Å². The summed E-state index contributed by atoms with van der Waals surface area (Å²) in [5.41, 5.74) is 4.21. The molecule has 142 valence electrons. The van der Waals surface area contributed by atoms with E-state index in [0.717, 1.165) is 22.3 Å². The lowest BCUT2D eigenvalue weighted by molar-refractivity contribution is 0.0988. The number of ketones is 1. The Morgan fingerprint density at radius 2 is 1.59 bits per heavy atom. The number of carbonyl (C=O) groups excluding carboxylic acids is 1. The molecule has 0 aliphatic carbocycles. The standard InChI is InChI=1S/C24H19N3O2/c28-23(11-19-7-4-10-25-13-19)22-9-8-20(21-14-26-17-27-15-21)12-24(22)29-16-18-5-2-1-3-6-18/h1-10,12-15,17H,11,16H2. The molecular formula is C24H19N3O2. The van der Waals surface area contributed by atoms with Crippen LogP contribution in [0.15, 0.2) is 91.8 Å². The Hall–Kier alpha value is -3.86. The zero-order valence-corrected chi connectivity index (χ0v) is 15.7. The van der Waals surface area contributed by atoms with Crippen LogP contribution in [-0.2, 0) is 13.0 Å². The summed E-state index contributed by atoms with van der Waals surface area (Å²) in [5.74, 6) is 0.529. The van der Waals surface area contributed by atoms with Crippen molar-refractivity contribution in [1.29, 1.82) is 0 Å². The van der Waals surface area contributed by atoms with Crippen molar-refractivity contribution < 1.29 is 9.53 Å². The van der Waals surface area contributed by atoms with Gasteiger partial charge in [0.1, 0.15) is 18.7 Å². The van der Waals surface area contributed by atoms with E-state index in [1.54, 1.807) is 30.9 Å². The van der Waals surface area contributed by atoms with Gasteiger partial charge in [-0.3, -0.25) is 9.78 Å². The van der Waals surface area contributed by atoms with Gasteiger partial charge in [0.25, 0.3) is 0 Å². The van der Waals surface area contributed by atoms with Crippen LogP contribution < -0.4 is 4.74 Å². The summed E-state index contributed by atoms with van der Waals surface area (Å²) in [6, 6.07) is 19.2. The Balaban J connectivity index is 1.64. The van der Waals surface area contributed by atoms with Gasteiger partial charge in [0.05, 0.1) is 5.56 Å². The molecule has 5 heteroatoms. The molecule has 4 rings (SSSR count). The zero-order valence-electron chi connectivity index (χ0n) is 15.7. The molecule has 2 aromatic heterocycles. The molecule has 0 bridgehead atoms. The number of Topliss-reactive ketones (excluding diaryl/α,β-unsaturated/α-hetero) is 1. The highest BCUT2D eigenvalue weighted by molar-refractivity contribution is 6.00. The van der Waals surface area contributed by atoms with E-state index >= 15 is 0 Å². The number of nitrogens with zero attached hydrogens (tertiary/aromatic N) is 3. The Morgan fingerprint density at radius 3 is 2.34 bits per heavy atom. The summed E-state index contributed by atoms with van der Waals surface area (Å²) >= 11 is 0. The molecule has 0 fully saturated rings. The summed E-state index contributed by atoms with van der Waals surface area (Å²) < 4.78 is 6.07. The highest BCUT2D eigenvalue weighted by Crippen LogP contribution is 2.28. The third-order valence-corrected chi connectivity index (χ3v) is 4.50. The van der Waals surface area contributed by atoms with Gasteiger partial charge in [-0.25, -0.2) is 9.97 Å². The van der Waals surface area contributed by atoms with Crippen molar-refractivity contribution in [2.24, 2.45) is 0 Å². The normalized spacial score (nSPS) is 10.5. The van der Waals surface area contributed by atoms with E-state index in [0.29, 0.717) is 17.9 Å². The molecule has 2 heterocycles. The minimum Gasteiger partial charge on any atom is -0.488 e. The van der Waals surface area contributed by atoms with E-state index in [-0.39, 0.29) is 12.2 Å². The maximum Gasteiger partial charge on any atom is 0.171 e. The second-order valence-corrected chi connectivity index (χ2v) is 6.57. The van der Waals surface area contributed by atoms with E-state index < -0.39 is 0 Å². The first-order chi connectivity index (χ1) is 14.3. The Kier molecular flexibility index (Phi) is 5.67. The fourth-order valence-electron chi connectivity index (χ4n) is 3.02. The minimum absolute atomic E-state index is 0.0167. The van der Waals surface area contributed by atoms with E-state index in [1.165, 1.54) is 6.33 Å². The Labute approximate surface area is 169 Å². The number of carbonyl (C=O) groups is 1. The monoisotopic (exact) mass is 381 g/mol. The van der Waals surface area contributed by atoms with Crippen molar-refractivity contribution in [3.8, 4) is 16.9 Å². The lowest BCUT2D eigenvalue weighted by Crippen LogP contribution is -2.08. The van der Waals surface area contributed by atoms with Gasteiger partial charge in [0.15, 0.2) is 5.78 Å². The van der Waals surface area contributed by atoms with Gasteiger partial charge in [-0.2, -0.15) is 0 Å². The number of hydrogen-bond donors (Lipinski definition) is 0. The first-order valence-corrected chi connectivity index (χ1v) is 9.28. The lowest BCUT2D eigenvalue weighted by Gasteiger charge is -2.13. The molecule has 0 aliphatic rings. The van der Waals surface area contributed by atoms with Crippen LogP contribution in [0.3, 0.4) is 0 Å². The fraction of sp³-hybridized carbons (Fsp3) is 0.0833. The highest BCUT2D eigenvalue weighted by Gasteiger charge is 2.15. The Morgan fingerprint density at radius 1 is 0.793 bits per heavy atom. The lowest BCUT2D eigenvalue weighted by atomic mass is 10.00. The van der Waals surface area contributed by atoms with Gasteiger partial charge in [0.2, 0.25) is 0 Å². The SMILES string of the molecule is O=C(Cc1cccnc1)c1ccc(-c2cncnc2)cc1OCc1ccccc1. The third-order valence-electron chi connectivity index (χ3n) is 4.50. The van der Waals surface area contributed by atoms with Gasteiger partial charge >= 0.3 is 0 Å². The maximum atomic E-state index is 13.0. The molecule has 2 aromatic carbocycles. The van der Waals surface area contributed by atoms with Crippen LogP contribution >= 0.6 is 0 Å². The van der Waals surface area contributed by atoms with Crippen LogP contribution in [-0.4, -0.2) is 20.7 Å². The second-order valence-electron chi connectivity index (χ2n) is 6.57. The number of ether oxygens (including phenoxy) is 1. The number of rotatable bonds is 7. The first-order valence-electron chi connectivity index (χ1n) is 9.28. The van der Waals surface area contributed by atoms with Crippen LogP contribution in [0.5, 0.6) is 5.75 Å². The molecule has 5 nitrogen and oxygen atoms in total. The summed E-state index contributed by atoms with van der Waals surface area (Å²) in [6.45, 7) is 0.378. The molecule has 0 saturated heterocycles. The van der Waals surface area contributed by atoms with Crippen molar-refractivity contribution in [1.82, 2.24) is 15.0 Å². The van der Waals surface area contributed by atoms with Crippen molar-refractivity contribution in [2.45, 2.75) is 13.0 Å². The largest absolute Gasteiger partial charge is 0.488 e. The predicted molar refractivity (Wildman–Crippen MR) is 111 cm³/mol. The summed E-state index contributed by atoms with van der Waals surface area (Å²) in [5, 5.41) is 0. The quantitative estimate of drug-likeness (QED) is 0.440. The van der Waals surface area contributed by atoms with Gasteiger partial charge in [-0.15, -0.1) is 0 Å². The topological polar surface area (TPSA) is 65.0 Å². The van der Waals surface area contributed by atoms with Crippen molar-refractivity contribution in [2.75, 3.05) is 0 Å². The van der Waals surface area contributed by atoms with E-state index in [4.69, 9.17) is 4.74 Å². The van der Waals surface area contributed by atoms with E-state index in [2.05, 4.69) is 15.0 Å². The average Bonchev–Trinajstić information content (AvgIpc) is 2.79. The molecule has 0 amide bonds. The van der Waals surface area contributed by atoms with Crippen LogP contribution in [0, 0.1) is 0 Å². The number of pyridine rings is 1. The zero-order chi connectivity index (χ0) is 19.9. The number of hydrogen-bond acceptors (Lipinski definition) is 5. The molecule has 0 saturated carbocycles. The van der Waals surface area contributed by atoms with E-state index in [1.807, 2.05) is 54.6 Å². The van der Waals surface area contributed by atoms with Crippen molar-refractivity contribution in [3.05, 3.63) is 108 Å². The molecule has 0 spiro atoms. The molecule has 0 radical (unpaired) electrons. The van der Waals surface area contributed by atoms with Crippen molar-refractivity contribution >= 4 is 5.78 Å². The van der Waals surface area contributed by atoms with Gasteiger partial charge in [-0.05, 0) is 34.9 Å². The van der Waals surface area contributed by atoms with Gasteiger partial charge in [-0.1, -0.05) is 42.5 Å². The smallest absolute Gasteiger partial charge is 0.171 e. The second kappa shape index (κ2) is 8.89. The summed E-state index contributed by atoms with van der Waals surface area (Å²) in [7, 11) is 0.